The van der Waals surface area contributed by atoms with Crippen molar-refractivity contribution in [1.29, 1.82) is 0 Å². The maximum Gasteiger partial charge on any atom is 0.190 e. The van der Waals surface area contributed by atoms with Gasteiger partial charge >= 0.3 is 0 Å². The molecular formula is C18H26BrN2+. The fraction of sp³-hybridized carbons (Fsp3) is 0.722. The van der Waals surface area contributed by atoms with Gasteiger partial charge in [-0.3, -0.25) is 0 Å². The number of fused-ring (bicyclic) bond motifs is 1. The molecule has 0 saturated carbocycles. The molecule has 0 spiro atoms. The van der Waals surface area contributed by atoms with Crippen LogP contribution in [0.2, 0.25) is 0 Å². The van der Waals surface area contributed by atoms with E-state index in [-0.39, 0.29) is 0 Å². The molecular weight excluding hydrogens is 324 g/mol. The molecule has 2 aliphatic heterocycles. The van der Waals surface area contributed by atoms with Gasteiger partial charge in [0, 0.05) is 38.0 Å². The normalized spacial score (nSPS) is 30.0. The van der Waals surface area contributed by atoms with Crippen LogP contribution in [0, 0.1) is 5.92 Å². The lowest BCUT2D eigenvalue weighted by atomic mass is 9.79. The Balaban J connectivity index is 1.69. The molecule has 2 fully saturated rings. The Kier molecular flexibility index (Phi) is 3.95. The summed E-state index contributed by atoms with van der Waals surface area (Å²) in [4.78, 5) is 2.63. The first-order valence-electron chi connectivity index (χ1n) is 8.79. The highest BCUT2D eigenvalue weighted by molar-refractivity contribution is 9.12. The molecule has 4 aliphatic rings. The van der Waals surface area contributed by atoms with E-state index >= 15 is 0 Å². The summed E-state index contributed by atoms with van der Waals surface area (Å²) in [5, 5.41) is 0. The van der Waals surface area contributed by atoms with Crippen molar-refractivity contribution in [2.45, 2.75) is 51.4 Å². The van der Waals surface area contributed by atoms with Crippen molar-refractivity contribution < 1.29 is 4.58 Å². The predicted octanol–water partition coefficient (Wildman–Crippen LogP) is 4.07. The minimum Gasteiger partial charge on any atom is -0.375 e. The lowest BCUT2D eigenvalue weighted by Gasteiger charge is -2.33. The lowest BCUT2D eigenvalue weighted by Crippen LogP contribution is -2.29. The highest BCUT2D eigenvalue weighted by Gasteiger charge is 2.34. The molecule has 0 bridgehead atoms. The molecule has 0 aromatic rings. The maximum atomic E-state index is 3.98. The first-order valence-corrected chi connectivity index (χ1v) is 9.58. The SMILES string of the molecule is BrC1=C2C=C(N3CCCC3)CCC2CCC1=[N+]1CCCC1. The fourth-order valence-electron chi connectivity index (χ4n) is 4.51. The molecule has 0 aromatic heterocycles. The largest absolute Gasteiger partial charge is 0.375 e. The maximum absolute atomic E-state index is 3.98. The van der Waals surface area contributed by atoms with Crippen molar-refractivity contribution in [2.24, 2.45) is 5.92 Å². The van der Waals surface area contributed by atoms with Crippen molar-refractivity contribution in [1.82, 2.24) is 4.90 Å². The van der Waals surface area contributed by atoms with Crippen LogP contribution in [0.15, 0.2) is 21.8 Å². The van der Waals surface area contributed by atoms with Crippen molar-refractivity contribution >= 4 is 21.6 Å². The third-order valence-electron chi connectivity index (χ3n) is 5.75. The quantitative estimate of drug-likeness (QED) is 0.646. The van der Waals surface area contributed by atoms with E-state index in [0.29, 0.717) is 0 Å². The number of nitrogens with zero attached hydrogens (tertiary/aromatic N) is 2. The summed E-state index contributed by atoms with van der Waals surface area (Å²) in [5.41, 5.74) is 4.81. The second kappa shape index (κ2) is 5.91. The lowest BCUT2D eigenvalue weighted by molar-refractivity contribution is -0.506. The van der Waals surface area contributed by atoms with Gasteiger partial charge < -0.3 is 4.90 Å². The van der Waals surface area contributed by atoms with Crippen molar-refractivity contribution in [3.63, 3.8) is 0 Å². The minimum absolute atomic E-state index is 0.803. The van der Waals surface area contributed by atoms with Crippen LogP contribution in [0.1, 0.15) is 51.4 Å². The Morgan fingerprint density at radius 2 is 1.71 bits per heavy atom. The second-order valence-electron chi connectivity index (χ2n) is 7.01. The topological polar surface area (TPSA) is 6.25 Å². The molecule has 4 rings (SSSR count). The van der Waals surface area contributed by atoms with E-state index in [1.807, 2.05) is 0 Å². The molecule has 1 atom stereocenters. The molecule has 2 heterocycles. The van der Waals surface area contributed by atoms with Crippen LogP contribution in [-0.2, 0) is 0 Å². The Morgan fingerprint density at radius 1 is 1.00 bits per heavy atom. The van der Waals surface area contributed by atoms with E-state index in [0.717, 1.165) is 5.92 Å². The van der Waals surface area contributed by atoms with E-state index in [1.165, 1.54) is 82.0 Å². The van der Waals surface area contributed by atoms with Gasteiger partial charge in [0.2, 0.25) is 0 Å². The standard InChI is InChI=1S/C18H26BrN2/c19-18-16-13-15(20-9-1-2-10-20)7-5-14(16)6-8-17(18)21-11-3-4-12-21/h13-14H,1-12H2/q+1. The van der Waals surface area contributed by atoms with Gasteiger partial charge in [0.05, 0.1) is 4.48 Å². The van der Waals surface area contributed by atoms with E-state index in [1.54, 1.807) is 17.0 Å². The zero-order valence-electron chi connectivity index (χ0n) is 12.9. The average Bonchev–Trinajstić information content (AvgIpc) is 3.21. The van der Waals surface area contributed by atoms with Crippen LogP contribution < -0.4 is 0 Å². The van der Waals surface area contributed by atoms with E-state index in [9.17, 15) is 0 Å². The van der Waals surface area contributed by atoms with Crippen molar-refractivity contribution in [2.75, 3.05) is 26.2 Å². The fourth-order valence-corrected chi connectivity index (χ4v) is 5.40. The van der Waals surface area contributed by atoms with Crippen molar-refractivity contribution in [3.8, 4) is 0 Å². The molecule has 0 aromatic carbocycles. The molecule has 0 amide bonds. The number of hydrogen-bond donors (Lipinski definition) is 0. The zero-order valence-corrected chi connectivity index (χ0v) is 14.5. The Labute approximate surface area is 136 Å². The van der Waals surface area contributed by atoms with Gasteiger partial charge in [-0.1, -0.05) is 0 Å². The van der Waals surface area contributed by atoms with E-state index < -0.39 is 0 Å². The monoisotopic (exact) mass is 349 g/mol. The number of rotatable bonds is 1. The third kappa shape index (κ3) is 2.62. The van der Waals surface area contributed by atoms with Gasteiger partial charge in [-0.25, -0.2) is 4.58 Å². The van der Waals surface area contributed by atoms with Crippen LogP contribution >= 0.6 is 15.9 Å². The summed E-state index contributed by atoms with van der Waals surface area (Å²) >= 11 is 3.98. The minimum atomic E-state index is 0.803. The molecule has 2 aliphatic carbocycles. The van der Waals surface area contributed by atoms with Gasteiger partial charge in [-0.2, -0.15) is 0 Å². The number of likely N-dealkylation sites (tertiary alicyclic amines) is 1. The van der Waals surface area contributed by atoms with Crippen molar-refractivity contribution in [3.05, 3.63) is 21.8 Å². The molecule has 3 heteroatoms. The zero-order chi connectivity index (χ0) is 14.2. The van der Waals surface area contributed by atoms with Gasteiger partial charge in [0.25, 0.3) is 0 Å². The van der Waals surface area contributed by atoms with Crippen LogP contribution in [-0.4, -0.2) is 41.4 Å². The van der Waals surface area contributed by atoms with Crippen LogP contribution in [0.25, 0.3) is 0 Å². The molecule has 1 unspecified atom stereocenters. The summed E-state index contributed by atoms with van der Waals surface area (Å²) in [6.07, 6.45) is 13.3. The van der Waals surface area contributed by atoms with Crippen LogP contribution in [0.4, 0.5) is 0 Å². The van der Waals surface area contributed by atoms with Gasteiger partial charge in [0.15, 0.2) is 5.71 Å². The van der Waals surface area contributed by atoms with E-state index in [4.69, 9.17) is 0 Å². The number of hydrogen-bond acceptors (Lipinski definition) is 1. The summed E-state index contributed by atoms with van der Waals surface area (Å²) in [5.74, 6) is 0.803. The number of allylic oxidation sites excluding steroid dienone is 4. The Hall–Kier alpha value is -0.570. The molecule has 0 radical (unpaired) electrons. The number of halogens is 1. The molecule has 2 nitrogen and oxygen atoms in total. The smallest absolute Gasteiger partial charge is 0.190 e. The summed E-state index contributed by atoms with van der Waals surface area (Å²) in [7, 11) is 0. The highest BCUT2D eigenvalue weighted by atomic mass is 79.9. The van der Waals surface area contributed by atoms with Gasteiger partial charge in [0.1, 0.15) is 13.1 Å². The average molecular weight is 350 g/mol. The second-order valence-corrected chi connectivity index (χ2v) is 7.81. The summed E-state index contributed by atoms with van der Waals surface area (Å²) in [6.45, 7) is 5.10. The van der Waals surface area contributed by atoms with Gasteiger partial charge in [-0.15, -0.1) is 0 Å². The molecule has 0 N–H and O–H groups in total. The van der Waals surface area contributed by atoms with Crippen LogP contribution in [0.5, 0.6) is 0 Å². The Bertz CT molecular complexity index is 515. The summed E-state index contributed by atoms with van der Waals surface area (Å²) in [6, 6.07) is 0. The Morgan fingerprint density at radius 3 is 2.48 bits per heavy atom. The first kappa shape index (κ1) is 14.0. The molecule has 114 valence electrons. The third-order valence-corrected chi connectivity index (χ3v) is 6.66. The van der Waals surface area contributed by atoms with Gasteiger partial charge in [-0.05, 0) is 65.6 Å². The molecule has 2 saturated heterocycles. The first-order chi connectivity index (χ1) is 10.3. The highest BCUT2D eigenvalue weighted by Crippen LogP contribution is 2.41. The van der Waals surface area contributed by atoms with E-state index in [2.05, 4.69) is 31.5 Å². The predicted molar refractivity (Wildman–Crippen MR) is 91.0 cm³/mol. The summed E-state index contributed by atoms with van der Waals surface area (Å²) < 4.78 is 4.07. The molecule has 21 heavy (non-hydrogen) atoms. The van der Waals surface area contributed by atoms with Crippen LogP contribution in [0.3, 0.4) is 0 Å².